The van der Waals surface area contributed by atoms with Gasteiger partial charge in [0.05, 0.1) is 20.6 Å². The summed E-state index contributed by atoms with van der Waals surface area (Å²) in [6.45, 7) is 4.00. The van der Waals surface area contributed by atoms with Crippen molar-refractivity contribution >= 4 is 38.9 Å². The van der Waals surface area contributed by atoms with Crippen molar-refractivity contribution in [1.29, 1.82) is 0 Å². The minimum Gasteiger partial charge on any atom is -0.266 e. The monoisotopic (exact) mass is 343 g/mol. The number of para-hydroxylation sites is 1. The van der Waals surface area contributed by atoms with E-state index in [0.717, 1.165) is 5.56 Å². The zero-order chi connectivity index (χ0) is 15.6. The van der Waals surface area contributed by atoms with E-state index in [1.165, 1.54) is 22.5 Å². The standard InChI is InChI=1S/C15H15Cl2NO2S/c1-3-18(15-7-5-4-6-11(15)2)21(19,20)12-8-9-13(16)14(17)10-12/h4-10H,3H2,1-2H3. The van der Waals surface area contributed by atoms with Gasteiger partial charge in [-0.15, -0.1) is 0 Å². The molecule has 2 aromatic rings. The molecule has 0 saturated heterocycles. The molecule has 6 heteroatoms. The van der Waals surface area contributed by atoms with E-state index in [-0.39, 0.29) is 9.92 Å². The number of hydrogen-bond acceptors (Lipinski definition) is 2. The van der Waals surface area contributed by atoms with Gasteiger partial charge < -0.3 is 0 Å². The lowest BCUT2D eigenvalue weighted by atomic mass is 10.2. The maximum Gasteiger partial charge on any atom is 0.264 e. The molecule has 2 aromatic carbocycles. The zero-order valence-corrected chi connectivity index (χ0v) is 14.0. The topological polar surface area (TPSA) is 37.4 Å². The largest absolute Gasteiger partial charge is 0.266 e. The van der Waals surface area contributed by atoms with E-state index in [9.17, 15) is 8.42 Å². The molecule has 0 atom stereocenters. The van der Waals surface area contributed by atoms with Crippen LogP contribution in [0.1, 0.15) is 12.5 Å². The highest BCUT2D eigenvalue weighted by atomic mass is 35.5. The van der Waals surface area contributed by atoms with Gasteiger partial charge in [-0.2, -0.15) is 0 Å². The maximum atomic E-state index is 12.8. The molecule has 0 aromatic heterocycles. The fourth-order valence-corrected chi connectivity index (χ4v) is 4.01. The Balaban J connectivity index is 2.55. The van der Waals surface area contributed by atoms with Gasteiger partial charge in [-0.25, -0.2) is 8.42 Å². The summed E-state index contributed by atoms with van der Waals surface area (Å²) in [4.78, 5) is 0.127. The summed E-state index contributed by atoms with van der Waals surface area (Å²) in [5.41, 5.74) is 1.55. The van der Waals surface area contributed by atoms with Crippen LogP contribution in [0.4, 0.5) is 5.69 Å². The van der Waals surface area contributed by atoms with Crippen LogP contribution in [-0.2, 0) is 10.0 Å². The summed E-state index contributed by atoms with van der Waals surface area (Å²) in [5, 5.41) is 0.549. The summed E-state index contributed by atoms with van der Waals surface area (Å²) in [5.74, 6) is 0. The van der Waals surface area contributed by atoms with Gasteiger partial charge in [-0.3, -0.25) is 4.31 Å². The Hall–Kier alpha value is -1.23. The van der Waals surface area contributed by atoms with Crippen molar-refractivity contribution in [3.05, 3.63) is 58.1 Å². The predicted octanol–water partition coefficient (Wildman–Crippen LogP) is 4.52. The number of anilines is 1. The summed E-state index contributed by atoms with van der Waals surface area (Å²) < 4.78 is 27.0. The lowest BCUT2D eigenvalue weighted by molar-refractivity contribution is 0.592. The SMILES string of the molecule is CCN(c1ccccc1C)S(=O)(=O)c1ccc(Cl)c(Cl)c1. The van der Waals surface area contributed by atoms with Crippen molar-refractivity contribution in [2.45, 2.75) is 18.7 Å². The number of nitrogens with zero attached hydrogens (tertiary/aromatic N) is 1. The Morgan fingerprint density at radius 1 is 1.05 bits per heavy atom. The second kappa shape index (κ2) is 6.26. The fraction of sp³-hybridized carbons (Fsp3) is 0.200. The number of hydrogen-bond donors (Lipinski definition) is 0. The molecule has 0 unspecified atom stereocenters. The van der Waals surface area contributed by atoms with E-state index in [1.807, 2.05) is 25.1 Å². The van der Waals surface area contributed by atoms with E-state index >= 15 is 0 Å². The van der Waals surface area contributed by atoms with Crippen molar-refractivity contribution in [1.82, 2.24) is 0 Å². The number of rotatable bonds is 4. The Bertz CT molecular complexity index is 760. The Kier molecular flexibility index (Phi) is 4.81. The number of sulfonamides is 1. The van der Waals surface area contributed by atoms with Crippen LogP contribution in [0, 0.1) is 6.92 Å². The molecule has 0 fully saturated rings. The van der Waals surface area contributed by atoms with Crippen LogP contribution >= 0.6 is 23.2 Å². The normalized spacial score (nSPS) is 11.4. The van der Waals surface area contributed by atoms with Gasteiger partial charge in [0.25, 0.3) is 10.0 Å². The molecule has 0 spiro atoms. The van der Waals surface area contributed by atoms with Crippen molar-refractivity contribution < 1.29 is 8.42 Å². The highest BCUT2D eigenvalue weighted by molar-refractivity contribution is 7.92. The van der Waals surface area contributed by atoms with E-state index in [0.29, 0.717) is 17.3 Å². The molecule has 0 amide bonds. The Labute approximate surface area is 135 Å². The smallest absolute Gasteiger partial charge is 0.264 e. The quantitative estimate of drug-likeness (QED) is 0.818. The Morgan fingerprint density at radius 2 is 1.71 bits per heavy atom. The molecule has 3 nitrogen and oxygen atoms in total. The molecule has 0 aliphatic carbocycles. The molecule has 112 valence electrons. The first-order valence-electron chi connectivity index (χ1n) is 6.41. The summed E-state index contributed by atoms with van der Waals surface area (Å²) in [6.07, 6.45) is 0. The summed E-state index contributed by atoms with van der Waals surface area (Å²) in [7, 11) is -3.68. The van der Waals surface area contributed by atoms with Gasteiger partial charge in [0.15, 0.2) is 0 Å². The molecule has 0 N–H and O–H groups in total. The third kappa shape index (κ3) is 3.18. The minimum atomic E-state index is -3.68. The van der Waals surface area contributed by atoms with Crippen molar-refractivity contribution in [2.24, 2.45) is 0 Å². The molecule has 2 rings (SSSR count). The van der Waals surface area contributed by atoms with Crippen LogP contribution in [0.25, 0.3) is 0 Å². The van der Waals surface area contributed by atoms with Crippen LogP contribution in [0.2, 0.25) is 10.0 Å². The molecule has 0 bridgehead atoms. The highest BCUT2D eigenvalue weighted by Crippen LogP contribution is 2.30. The number of aryl methyl sites for hydroxylation is 1. The molecular weight excluding hydrogens is 329 g/mol. The first-order chi connectivity index (χ1) is 9.87. The molecule has 0 radical (unpaired) electrons. The van der Waals surface area contributed by atoms with Crippen molar-refractivity contribution in [3.8, 4) is 0 Å². The van der Waals surface area contributed by atoms with Gasteiger partial charge in [0.1, 0.15) is 0 Å². The van der Waals surface area contributed by atoms with Gasteiger partial charge in [0.2, 0.25) is 0 Å². The summed E-state index contributed by atoms with van der Waals surface area (Å²) >= 11 is 11.8. The van der Waals surface area contributed by atoms with E-state index in [2.05, 4.69) is 0 Å². The van der Waals surface area contributed by atoms with E-state index in [1.54, 1.807) is 13.0 Å². The molecule has 0 saturated carbocycles. The minimum absolute atomic E-state index is 0.127. The van der Waals surface area contributed by atoms with Gasteiger partial charge >= 0.3 is 0 Å². The first-order valence-corrected chi connectivity index (χ1v) is 8.61. The predicted molar refractivity (Wildman–Crippen MR) is 87.8 cm³/mol. The lowest BCUT2D eigenvalue weighted by Gasteiger charge is -2.24. The van der Waals surface area contributed by atoms with E-state index < -0.39 is 10.0 Å². The number of halogens is 2. The fourth-order valence-electron chi connectivity index (χ4n) is 2.08. The third-order valence-corrected chi connectivity index (χ3v) is 5.77. The molecule has 21 heavy (non-hydrogen) atoms. The second-order valence-electron chi connectivity index (χ2n) is 4.53. The van der Waals surface area contributed by atoms with Crippen LogP contribution in [0.5, 0.6) is 0 Å². The van der Waals surface area contributed by atoms with Gasteiger partial charge in [-0.05, 0) is 43.7 Å². The maximum absolute atomic E-state index is 12.8. The van der Waals surface area contributed by atoms with Crippen LogP contribution in [-0.4, -0.2) is 15.0 Å². The second-order valence-corrected chi connectivity index (χ2v) is 7.21. The zero-order valence-electron chi connectivity index (χ0n) is 11.7. The highest BCUT2D eigenvalue weighted by Gasteiger charge is 2.25. The van der Waals surface area contributed by atoms with E-state index in [4.69, 9.17) is 23.2 Å². The molecule has 0 aliphatic heterocycles. The molecule has 0 aliphatic rings. The van der Waals surface area contributed by atoms with Crippen molar-refractivity contribution in [2.75, 3.05) is 10.8 Å². The van der Waals surface area contributed by atoms with Crippen LogP contribution in [0.3, 0.4) is 0 Å². The first kappa shape index (κ1) is 16.1. The average Bonchev–Trinajstić information content (AvgIpc) is 2.44. The molecular formula is C15H15Cl2NO2S. The van der Waals surface area contributed by atoms with Crippen molar-refractivity contribution in [3.63, 3.8) is 0 Å². The lowest BCUT2D eigenvalue weighted by Crippen LogP contribution is -2.31. The Morgan fingerprint density at radius 3 is 2.29 bits per heavy atom. The molecule has 0 heterocycles. The van der Waals surface area contributed by atoms with Gasteiger partial charge in [-0.1, -0.05) is 41.4 Å². The number of benzene rings is 2. The average molecular weight is 344 g/mol. The third-order valence-electron chi connectivity index (χ3n) is 3.15. The van der Waals surface area contributed by atoms with Crippen LogP contribution in [0.15, 0.2) is 47.4 Å². The summed E-state index contributed by atoms with van der Waals surface area (Å²) in [6, 6.07) is 11.7. The van der Waals surface area contributed by atoms with Crippen LogP contribution < -0.4 is 4.31 Å². The van der Waals surface area contributed by atoms with Gasteiger partial charge in [0, 0.05) is 6.54 Å².